The fourth-order valence-electron chi connectivity index (χ4n) is 3.45. The molecule has 1 fully saturated rings. The topological polar surface area (TPSA) is 48.5 Å². The van der Waals surface area contributed by atoms with Gasteiger partial charge in [0.25, 0.3) is 0 Å². The van der Waals surface area contributed by atoms with E-state index in [9.17, 15) is 9.50 Å². The number of aromatic hydroxyl groups is 1. The molecule has 0 spiro atoms. The van der Waals surface area contributed by atoms with Crippen molar-refractivity contribution < 1.29 is 18.3 Å². The van der Waals surface area contributed by atoms with E-state index in [1.165, 1.54) is 6.07 Å². The average molecular weight is 346 g/mol. The largest absolute Gasteiger partial charge is 0.508 e. The molecule has 130 valence electrons. The summed E-state index contributed by atoms with van der Waals surface area (Å²) in [6.45, 7) is 1.15. The van der Waals surface area contributed by atoms with Crippen molar-refractivity contribution in [3.8, 4) is 17.0 Å². The predicted octanol–water partition coefficient (Wildman–Crippen LogP) is 4.29. The van der Waals surface area contributed by atoms with Crippen LogP contribution < -0.4 is 4.90 Å². The molecule has 2 heterocycles. The molecule has 4 nitrogen and oxygen atoms in total. The van der Waals surface area contributed by atoms with Gasteiger partial charge < -0.3 is 19.7 Å². The third-order valence-electron chi connectivity index (χ3n) is 4.76. The number of ether oxygens (including phenoxy) is 1. The predicted molar refractivity (Wildman–Crippen MR) is 97.6 cm³/mol. The lowest BCUT2D eigenvalue weighted by molar-refractivity contribution is 0.0893. The van der Waals surface area contributed by atoms with Gasteiger partial charge in [0, 0.05) is 48.0 Å². The molecule has 5 heteroatoms. The molecule has 0 amide bonds. The van der Waals surface area contributed by atoms with E-state index < -0.39 is 13.1 Å². The summed E-state index contributed by atoms with van der Waals surface area (Å²) in [7, 11) is -2.42. The van der Waals surface area contributed by atoms with Crippen LogP contribution in [0, 0.1) is 5.82 Å². The van der Waals surface area contributed by atoms with Gasteiger partial charge in [-0.25, -0.2) is 4.39 Å². The van der Waals surface area contributed by atoms with Gasteiger partial charge in [-0.15, -0.1) is 0 Å². The summed E-state index contributed by atoms with van der Waals surface area (Å²) in [5.41, 5.74) is 2.59. The number of nitrogens with one attached hydrogen (secondary N) is 1. The first-order valence-corrected chi connectivity index (χ1v) is 8.33. The van der Waals surface area contributed by atoms with Crippen molar-refractivity contribution in [1.82, 2.24) is 4.98 Å². The molecule has 3 aromatic rings. The molecule has 2 N–H and O–H groups in total. The molecule has 1 aliphatic rings. The van der Waals surface area contributed by atoms with Crippen LogP contribution in [0.2, 0.25) is 0 Å². The number of hydrogen-bond donors (Lipinski definition) is 2. The lowest BCUT2D eigenvalue weighted by Crippen LogP contribution is -2.39. The van der Waals surface area contributed by atoms with Crippen molar-refractivity contribution >= 4 is 16.6 Å². The van der Waals surface area contributed by atoms with Crippen LogP contribution in [0.4, 0.5) is 10.1 Å². The van der Waals surface area contributed by atoms with Gasteiger partial charge in [0.15, 0.2) is 0 Å². The molecule has 4 rings (SSSR count). The molecule has 1 atom stereocenters. The van der Waals surface area contributed by atoms with Crippen LogP contribution >= 0.6 is 0 Å². The van der Waals surface area contributed by atoms with Crippen LogP contribution in [0.25, 0.3) is 22.2 Å². The maximum absolute atomic E-state index is 14.8. The fraction of sp³-hybridized carbons (Fsp3) is 0.300. The highest BCUT2D eigenvalue weighted by Gasteiger charge is 2.20. The maximum Gasteiger partial charge on any atom is 0.134 e. The van der Waals surface area contributed by atoms with Gasteiger partial charge in [-0.05, 0) is 55.3 Å². The zero-order chi connectivity index (χ0) is 19.9. The summed E-state index contributed by atoms with van der Waals surface area (Å²) in [6.07, 6.45) is 1.07. The number of halogens is 1. The third-order valence-corrected chi connectivity index (χ3v) is 4.76. The Morgan fingerprint density at radius 2 is 2.20 bits per heavy atom. The minimum Gasteiger partial charge on any atom is -0.508 e. The van der Waals surface area contributed by atoms with Crippen LogP contribution in [0.3, 0.4) is 0 Å². The van der Waals surface area contributed by atoms with Crippen LogP contribution in [0.1, 0.15) is 17.0 Å². The molecular weight excluding hydrogens is 319 g/mol. The fourth-order valence-corrected chi connectivity index (χ4v) is 3.45. The van der Waals surface area contributed by atoms with Gasteiger partial charge in [-0.2, -0.15) is 0 Å². The Labute approximate surface area is 150 Å². The molecule has 0 aliphatic carbocycles. The van der Waals surface area contributed by atoms with Gasteiger partial charge in [0.05, 0.1) is 10.2 Å². The summed E-state index contributed by atoms with van der Waals surface area (Å²) in [5, 5.41) is 10.4. The normalized spacial score (nSPS) is 20.3. The molecule has 1 aromatic heterocycles. The molecule has 2 aromatic carbocycles. The Bertz CT molecular complexity index is 1000. The van der Waals surface area contributed by atoms with E-state index in [0.717, 1.165) is 23.9 Å². The third kappa shape index (κ3) is 3.07. The Balaban J connectivity index is 1.57. The summed E-state index contributed by atoms with van der Waals surface area (Å²) in [6, 6.07) is 11.8. The summed E-state index contributed by atoms with van der Waals surface area (Å²) >= 11 is 0. The first-order chi connectivity index (χ1) is 13.3. The molecule has 0 bridgehead atoms. The van der Waals surface area contributed by atoms with Crippen molar-refractivity contribution in [2.45, 2.75) is 18.9 Å². The smallest absolute Gasteiger partial charge is 0.134 e. The number of rotatable bonds is 3. The first kappa shape index (κ1) is 12.8. The lowest BCUT2D eigenvalue weighted by atomic mass is 10.1. The zero-order valence-corrected chi connectivity index (χ0v) is 13.6. The van der Waals surface area contributed by atoms with Crippen molar-refractivity contribution in [2.24, 2.45) is 0 Å². The number of aromatic amines is 1. The Kier molecular flexibility index (Phi) is 3.28. The maximum atomic E-state index is 14.8. The van der Waals surface area contributed by atoms with Gasteiger partial charge >= 0.3 is 0 Å². The van der Waals surface area contributed by atoms with Crippen molar-refractivity contribution in [1.29, 1.82) is 0 Å². The number of H-pyrrole nitrogens is 1. The van der Waals surface area contributed by atoms with Crippen LogP contribution in [-0.2, 0) is 4.74 Å². The Morgan fingerprint density at radius 3 is 3.04 bits per heavy atom. The molecule has 25 heavy (non-hydrogen) atoms. The van der Waals surface area contributed by atoms with E-state index in [-0.39, 0.29) is 11.6 Å². The monoisotopic (exact) mass is 346 g/mol. The highest BCUT2D eigenvalue weighted by Crippen LogP contribution is 2.31. The molecule has 0 unspecified atom stereocenters. The van der Waals surface area contributed by atoms with E-state index in [2.05, 4.69) is 4.98 Å². The quantitative estimate of drug-likeness (QED) is 0.743. The number of phenols is 1. The van der Waals surface area contributed by atoms with Crippen molar-refractivity contribution in [2.75, 3.05) is 25.0 Å². The number of benzene rings is 2. The van der Waals surface area contributed by atoms with Gasteiger partial charge in [-0.1, -0.05) is 0 Å². The second kappa shape index (κ2) is 6.41. The number of hydrogen-bond acceptors (Lipinski definition) is 3. The van der Waals surface area contributed by atoms with E-state index in [1.807, 2.05) is 11.0 Å². The summed E-state index contributed by atoms with van der Waals surface area (Å²) in [4.78, 5) is 5.12. The number of anilines is 1. The Hall–Kier alpha value is -2.53. The van der Waals surface area contributed by atoms with Gasteiger partial charge in [-0.3, -0.25) is 0 Å². The van der Waals surface area contributed by atoms with Crippen molar-refractivity contribution in [3.63, 3.8) is 0 Å². The molecule has 0 saturated carbocycles. The molecule has 1 saturated heterocycles. The van der Waals surface area contributed by atoms with E-state index in [4.69, 9.17) is 8.85 Å². The second-order valence-electron chi connectivity index (χ2n) is 6.45. The Morgan fingerprint density at radius 1 is 1.28 bits per heavy atom. The van der Waals surface area contributed by atoms with Crippen LogP contribution in [0.5, 0.6) is 5.75 Å². The van der Waals surface area contributed by atoms with Crippen LogP contribution in [-0.4, -0.2) is 36.3 Å². The first-order valence-electron chi connectivity index (χ1n) is 9.83. The zero-order valence-electron chi connectivity index (χ0n) is 16.6. The number of aromatic nitrogens is 1. The number of methoxy groups -OCH3 is 1. The highest BCUT2D eigenvalue weighted by molar-refractivity contribution is 5.87. The number of piperidine rings is 1. The van der Waals surface area contributed by atoms with Crippen molar-refractivity contribution in [3.05, 3.63) is 48.3 Å². The summed E-state index contributed by atoms with van der Waals surface area (Å²) < 4.78 is 41.8. The van der Waals surface area contributed by atoms with Crippen LogP contribution in [0.15, 0.2) is 42.5 Å². The van der Waals surface area contributed by atoms with E-state index in [1.54, 1.807) is 30.3 Å². The lowest BCUT2D eigenvalue weighted by Gasteiger charge is -2.33. The average Bonchev–Trinajstić information content (AvgIpc) is 3.03. The SMILES string of the molecule is [3H]C([3H])([3H])O[C@H]1CCCN(c2ccc(-c3cc4cc(O)ccc4[nH]3)c(F)c2)C1. The van der Waals surface area contributed by atoms with E-state index in [0.29, 0.717) is 29.9 Å². The van der Waals surface area contributed by atoms with Gasteiger partial charge in [0.2, 0.25) is 0 Å². The van der Waals surface area contributed by atoms with Gasteiger partial charge in [0.1, 0.15) is 11.6 Å². The number of phenolic OH excluding ortho intramolecular Hbond substituents is 1. The second-order valence-corrected chi connectivity index (χ2v) is 6.45. The summed E-state index contributed by atoms with van der Waals surface area (Å²) in [5.74, 6) is -0.208. The van der Waals surface area contributed by atoms with E-state index >= 15 is 0 Å². The molecular formula is C20H21FN2O2. The number of nitrogens with zero attached hydrogens (tertiary/aromatic N) is 1. The molecule has 0 radical (unpaired) electrons. The standard InChI is InChI=1S/C20H21FN2O2/c1-25-16-3-2-8-23(12-16)14-4-6-17(18(21)11-14)20-10-13-9-15(24)5-7-19(13)22-20/h4-7,9-11,16,22,24H,2-3,8,12H2,1H3/t16-/m0/s1/i1T3. The highest BCUT2D eigenvalue weighted by atomic mass is 19.1. The molecule has 1 aliphatic heterocycles. The minimum atomic E-state index is -2.42. The minimum absolute atomic E-state index is 0.160. The number of fused-ring (bicyclic) bond motifs is 1.